The molecule has 0 saturated carbocycles. The van der Waals surface area contributed by atoms with Gasteiger partial charge in [-0.1, -0.05) is 30.3 Å². The van der Waals surface area contributed by atoms with E-state index in [1.807, 2.05) is 6.07 Å². The third-order valence-electron chi connectivity index (χ3n) is 5.16. The predicted molar refractivity (Wildman–Crippen MR) is 107 cm³/mol. The highest BCUT2D eigenvalue weighted by atomic mass is 16.3. The average Bonchev–Trinajstić information content (AvgIpc) is 3.02. The Morgan fingerprint density at radius 2 is 1.79 bits per heavy atom. The van der Waals surface area contributed by atoms with Crippen LogP contribution < -0.4 is 5.43 Å². The number of hydrogen-bond donors (Lipinski definition) is 1. The second kappa shape index (κ2) is 6.60. The molecule has 1 aliphatic rings. The van der Waals surface area contributed by atoms with Crippen LogP contribution in [0.5, 0.6) is 5.75 Å². The number of amides is 1. The number of hydrogen-bond acceptors (Lipinski definition) is 5. The fourth-order valence-corrected chi connectivity index (χ4v) is 3.82. The molecule has 1 aliphatic heterocycles. The first-order valence-corrected chi connectivity index (χ1v) is 9.18. The third-order valence-corrected chi connectivity index (χ3v) is 5.16. The van der Waals surface area contributed by atoms with Crippen molar-refractivity contribution in [2.24, 2.45) is 0 Å². The molecule has 142 valence electrons. The molecule has 0 saturated heterocycles. The minimum atomic E-state index is -0.612. The van der Waals surface area contributed by atoms with Crippen molar-refractivity contribution < 1.29 is 14.3 Å². The molecule has 5 rings (SSSR count). The fraction of sp³-hybridized carbons (Fsp3) is 0.0870. The van der Waals surface area contributed by atoms with Crippen LogP contribution in [0.1, 0.15) is 33.3 Å². The maximum atomic E-state index is 13.3. The number of aromatic hydroxyl groups is 1. The molecule has 2 aromatic carbocycles. The topological polar surface area (TPSA) is 83.6 Å². The zero-order chi connectivity index (χ0) is 20.0. The number of aromatic nitrogens is 1. The van der Waals surface area contributed by atoms with Crippen molar-refractivity contribution >= 4 is 16.9 Å². The molecule has 29 heavy (non-hydrogen) atoms. The van der Waals surface area contributed by atoms with Gasteiger partial charge in [0.1, 0.15) is 11.3 Å². The van der Waals surface area contributed by atoms with E-state index in [0.717, 1.165) is 11.1 Å². The number of phenols is 1. The average molecular weight is 384 g/mol. The van der Waals surface area contributed by atoms with E-state index in [1.54, 1.807) is 71.9 Å². The molecular formula is C23H16N2O4. The van der Waals surface area contributed by atoms with E-state index >= 15 is 0 Å². The Hall–Kier alpha value is -3.93. The molecule has 3 heterocycles. The molecule has 0 aliphatic carbocycles. The predicted octanol–water partition coefficient (Wildman–Crippen LogP) is 3.64. The summed E-state index contributed by atoms with van der Waals surface area (Å²) in [6, 6.07) is 16.5. The second-order valence-corrected chi connectivity index (χ2v) is 6.96. The Bertz CT molecular complexity index is 1280. The van der Waals surface area contributed by atoms with Gasteiger partial charge in [-0.15, -0.1) is 0 Å². The lowest BCUT2D eigenvalue weighted by Crippen LogP contribution is -2.29. The van der Waals surface area contributed by atoms with Gasteiger partial charge in [0.05, 0.1) is 17.0 Å². The highest BCUT2D eigenvalue weighted by Gasteiger charge is 2.42. The van der Waals surface area contributed by atoms with Gasteiger partial charge in [0, 0.05) is 18.9 Å². The van der Waals surface area contributed by atoms with Gasteiger partial charge >= 0.3 is 0 Å². The number of benzene rings is 2. The summed E-state index contributed by atoms with van der Waals surface area (Å²) in [5.41, 5.74) is 2.05. The zero-order valence-electron chi connectivity index (χ0n) is 15.3. The molecule has 0 bridgehead atoms. The first kappa shape index (κ1) is 17.2. The van der Waals surface area contributed by atoms with Gasteiger partial charge in [-0.05, 0) is 41.5 Å². The molecular weight excluding hydrogens is 368 g/mol. The van der Waals surface area contributed by atoms with Crippen molar-refractivity contribution in [2.45, 2.75) is 12.6 Å². The van der Waals surface area contributed by atoms with Crippen LogP contribution in [0.4, 0.5) is 0 Å². The maximum Gasteiger partial charge on any atom is 0.291 e. The summed E-state index contributed by atoms with van der Waals surface area (Å²) in [5, 5.41) is 10.1. The summed E-state index contributed by atoms with van der Waals surface area (Å²) in [4.78, 5) is 32.3. The van der Waals surface area contributed by atoms with E-state index < -0.39 is 6.04 Å². The number of rotatable bonds is 3. The Kier molecular flexibility index (Phi) is 3.91. The number of carbonyl (C=O) groups is 1. The summed E-state index contributed by atoms with van der Waals surface area (Å²) >= 11 is 0. The van der Waals surface area contributed by atoms with E-state index in [-0.39, 0.29) is 29.4 Å². The van der Waals surface area contributed by atoms with Crippen molar-refractivity contribution in [1.82, 2.24) is 9.88 Å². The Morgan fingerprint density at radius 1 is 1.00 bits per heavy atom. The minimum absolute atomic E-state index is 0.0654. The lowest BCUT2D eigenvalue weighted by atomic mass is 9.98. The number of pyridine rings is 1. The Balaban J connectivity index is 1.73. The Morgan fingerprint density at radius 3 is 2.55 bits per heavy atom. The molecule has 0 spiro atoms. The van der Waals surface area contributed by atoms with Crippen molar-refractivity contribution in [3.63, 3.8) is 0 Å². The number of fused-ring (bicyclic) bond motifs is 2. The van der Waals surface area contributed by atoms with Crippen molar-refractivity contribution in [1.29, 1.82) is 0 Å². The smallest absolute Gasteiger partial charge is 0.291 e. The molecule has 0 radical (unpaired) electrons. The number of para-hydroxylation sites is 1. The number of phenolic OH excluding ortho intramolecular Hbond substituents is 1. The van der Waals surface area contributed by atoms with E-state index in [2.05, 4.69) is 4.98 Å². The van der Waals surface area contributed by atoms with Crippen molar-refractivity contribution in [2.75, 3.05) is 0 Å². The standard InChI is InChI=1S/C23H16N2O4/c26-16-9-7-15(8-10-16)20-19-21(27)17-5-1-2-6-18(17)29-22(19)23(28)25(20)13-14-4-3-11-24-12-14/h1-12,20,26H,13H2/t20-/m1/s1. The van der Waals surface area contributed by atoms with Gasteiger partial charge in [-0.2, -0.15) is 0 Å². The van der Waals surface area contributed by atoms with E-state index in [0.29, 0.717) is 16.5 Å². The molecule has 0 fully saturated rings. The van der Waals surface area contributed by atoms with Gasteiger partial charge in [-0.25, -0.2) is 0 Å². The van der Waals surface area contributed by atoms with Crippen LogP contribution in [0.25, 0.3) is 11.0 Å². The van der Waals surface area contributed by atoms with Crippen LogP contribution in [-0.4, -0.2) is 20.9 Å². The zero-order valence-corrected chi connectivity index (χ0v) is 15.3. The van der Waals surface area contributed by atoms with Gasteiger partial charge < -0.3 is 14.4 Å². The maximum absolute atomic E-state index is 13.3. The van der Waals surface area contributed by atoms with Crippen LogP contribution in [0.15, 0.2) is 82.3 Å². The van der Waals surface area contributed by atoms with Crippen LogP contribution >= 0.6 is 0 Å². The van der Waals surface area contributed by atoms with Gasteiger partial charge in [-0.3, -0.25) is 14.6 Å². The SMILES string of the molecule is O=C1c2oc3ccccc3c(=O)c2[C@@H](c2ccc(O)cc2)N1Cc1cccnc1. The summed E-state index contributed by atoms with van der Waals surface area (Å²) in [6.45, 7) is 0.276. The minimum Gasteiger partial charge on any atom is -0.508 e. The molecule has 2 aromatic heterocycles. The van der Waals surface area contributed by atoms with Gasteiger partial charge in [0.25, 0.3) is 5.91 Å². The molecule has 6 heteroatoms. The molecule has 1 amide bonds. The second-order valence-electron chi connectivity index (χ2n) is 6.96. The molecule has 1 atom stereocenters. The first-order valence-electron chi connectivity index (χ1n) is 9.18. The lowest BCUT2D eigenvalue weighted by molar-refractivity contribution is 0.0714. The highest BCUT2D eigenvalue weighted by Crippen LogP contribution is 2.39. The van der Waals surface area contributed by atoms with E-state index in [9.17, 15) is 14.7 Å². The quantitative estimate of drug-likeness (QED) is 0.583. The van der Waals surface area contributed by atoms with Crippen LogP contribution in [0.3, 0.4) is 0 Å². The summed E-state index contributed by atoms with van der Waals surface area (Å²) in [6.07, 6.45) is 3.36. The van der Waals surface area contributed by atoms with Gasteiger partial charge in [0.2, 0.25) is 5.76 Å². The van der Waals surface area contributed by atoms with Crippen LogP contribution in [0.2, 0.25) is 0 Å². The van der Waals surface area contributed by atoms with Gasteiger partial charge in [0.15, 0.2) is 5.43 Å². The summed E-state index contributed by atoms with van der Waals surface area (Å²) < 4.78 is 5.88. The molecule has 4 aromatic rings. The van der Waals surface area contributed by atoms with Crippen molar-refractivity contribution in [3.05, 3.63) is 106 Å². The number of nitrogens with zero attached hydrogens (tertiary/aromatic N) is 2. The van der Waals surface area contributed by atoms with E-state index in [4.69, 9.17) is 4.42 Å². The fourth-order valence-electron chi connectivity index (χ4n) is 3.82. The molecule has 0 unspecified atom stereocenters. The monoisotopic (exact) mass is 384 g/mol. The first-order chi connectivity index (χ1) is 14.1. The van der Waals surface area contributed by atoms with Crippen LogP contribution in [-0.2, 0) is 6.54 Å². The molecule has 6 nitrogen and oxygen atoms in total. The number of carbonyl (C=O) groups excluding carboxylic acids is 1. The van der Waals surface area contributed by atoms with E-state index in [1.165, 1.54) is 0 Å². The summed E-state index contributed by atoms with van der Waals surface area (Å²) in [7, 11) is 0. The summed E-state index contributed by atoms with van der Waals surface area (Å²) in [5.74, 6) is -0.164. The third kappa shape index (κ3) is 2.77. The van der Waals surface area contributed by atoms with Crippen molar-refractivity contribution in [3.8, 4) is 5.75 Å². The highest BCUT2D eigenvalue weighted by molar-refractivity contribution is 5.99. The van der Waals surface area contributed by atoms with Crippen LogP contribution in [0, 0.1) is 0 Å². The Labute approximate surface area is 165 Å². The largest absolute Gasteiger partial charge is 0.508 e. The normalized spacial score (nSPS) is 15.7. The lowest BCUT2D eigenvalue weighted by Gasteiger charge is -2.25. The molecule has 1 N–H and O–H groups in total.